The minimum atomic E-state index is -0.421. The molecule has 0 aliphatic rings. The molecule has 38 heavy (non-hydrogen) atoms. The molecule has 226 valence electrons. The lowest BCUT2D eigenvalue weighted by Crippen LogP contribution is -2.44. The van der Waals surface area contributed by atoms with Gasteiger partial charge in [0.2, 0.25) is 0 Å². The van der Waals surface area contributed by atoms with Crippen molar-refractivity contribution in [3.8, 4) is 0 Å². The van der Waals surface area contributed by atoms with Crippen molar-refractivity contribution in [2.75, 3.05) is 34.3 Å². The maximum absolute atomic E-state index is 12.5. The molecule has 0 spiro atoms. The number of nitrogens with zero attached hydrogens (tertiary/aromatic N) is 1. The van der Waals surface area contributed by atoms with Crippen molar-refractivity contribution in [2.45, 2.75) is 168 Å². The molecule has 0 bridgehead atoms. The number of hydrogen-bond donors (Lipinski definition) is 0. The number of carbonyl (C=O) groups excluding carboxylic acids is 2. The van der Waals surface area contributed by atoms with E-state index in [4.69, 9.17) is 9.47 Å². The maximum Gasteiger partial charge on any atom is 0.309 e. The van der Waals surface area contributed by atoms with Crippen LogP contribution in [-0.2, 0) is 19.1 Å². The third-order valence-electron chi connectivity index (χ3n) is 7.19. The van der Waals surface area contributed by atoms with Gasteiger partial charge in [-0.15, -0.1) is 0 Å². The highest BCUT2D eigenvalue weighted by Gasteiger charge is 2.25. The van der Waals surface area contributed by atoms with Gasteiger partial charge in [-0.25, -0.2) is 0 Å². The van der Waals surface area contributed by atoms with Gasteiger partial charge in [0.15, 0.2) is 6.10 Å². The predicted octanol–water partition coefficient (Wildman–Crippen LogP) is 9.16. The van der Waals surface area contributed by atoms with E-state index in [1.165, 1.54) is 109 Å². The first kappa shape index (κ1) is 36.9. The van der Waals surface area contributed by atoms with Gasteiger partial charge < -0.3 is 14.0 Å². The van der Waals surface area contributed by atoms with Crippen molar-refractivity contribution in [3.05, 3.63) is 0 Å². The van der Waals surface area contributed by atoms with Gasteiger partial charge in [0.05, 0.1) is 34.2 Å². The summed E-state index contributed by atoms with van der Waals surface area (Å²) in [5.74, 6) is -0.427. The lowest BCUT2D eigenvalue weighted by molar-refractivity contribution is -0.873. The van der Waals surface area contributed by atoms with Crippen LogP contribution in [0, 0.1) is 0 Å². The van der Waals surface area contributed by atoms with E-state index in [2.05, 4.69) is 35.0 Å². The Labute approximate surface area is 237 Å². The number of ether oxygens (including phenoxy) is 2. The van der Waals surface area contributed by atoms with Gasteiger partial charge in [-0.3, -0.25) is 9.59 Å². The number of quaternary nitrogens is 1. The Kier molecular flexibility index (Phi) is 25.4. The molecule has 1 atom stereocenters. The van der Waals surface area contributed by atoms with E-state index >= 15 is 0 Å². The fraction of sp³-hybridized carbons (Fsp3) is 0.939. The molecule has 0 radical (unpaired) electrons. The summed E-state index contributed by atoms with van der Waals surface area (Å²) >= 11 is 0. The van der Waals surface area contributed by atoms with Gasteiger partial charge in [0.1, 0.15) is 6.54 Å². The van der Waals surface area contributed by atoms with E-state index in [9.17, 15) is 9.59 Å². The number of carbonyl (C=O) groups is 2. The monoisotopic (exact) mass is 540 g/mol. The number of rotatable bonds is 28. The van der Waals surface area contributed by atoms with Crippen LogP contribution in [0.1, 0.15) is 162 Å². The molecule has 0 unspecified atom stereocenters. The zero-order chi connectivity index (χ0) is 28.3. The van der Waals surface area contributed by atoms with Crippen LogP contribution >= 0.6 is 0 Å². The van der Waals surface area contributed by atoms with E-state index in [1.807, 2.05) is 0 Å². The van der Waals surface area contributed by atoms with E-state index in [0.717, 1.165) is 25.7 Å². The smallest absolute Gasteiger partial charge is 0.309 e. The molecule has 0 aromatic carbocycles. The summed E-state index contributed by atoms with van der Waals surface area (Å²) in [5.41, 5.74) is 0. The van der Waals surface area contributed by atoms with Crippen LogP contribution in [0.3, 0.4) is 0 Å². The van der Waals surface area contributed by atoms with E-state index in [1.54, 1.807) is 0 Å². The molecule has 5 heteroatoms. The van der Waals surface area contributed by atoms with Crippen molar-refractivity contribution in [3.63, 3.8) is 0 Å². The zero-order valence-corrected chi connectivity index (χ0v) is 26.3. The van der Waals surface area contributed by atoms with Gasteiger partial charge >= 0.3 is 11.9 Å². The summed E-state index contributed by atoms with van der Waals surface area (Å²) in [4.78, 5) is 24.9. The van der Waals surface area contributed by atoms with Crippen LogP contribution in [-0.4, -0.2) is 56.8 Å². The molecule has 0 heterocycles. The second kappa shape index (κ2) is 26.1. The molecule has 0 saturated carbocycles. The SMILES string of the molecule is CCCCCCCCCCCCCCC(=O)O[C@@H](CC(=O)OCCCCCCCCCCC)C[N+](C)(C)C. The summed E-state index contributed by atoms with van der Waals surface area (Å²) < 4.78 is 11.9. The molecule has 0 aliphatic carbocycles. The summed E-state index contributed by atoms with van der Waals surface area (Å²) in [6.07, 6.45) is 26.6. The third-order valence-corrected chi connectivity index (χ3v) is 7.19. The molecule has 5 nitrogen and oxygen atoms in total. The normalized spacial score (nSPS) is 12.4. The number of esters is 2. The van der Waals surface area contributed by atoms with Crippen molar-refractivity contribution in [1.82, 2.24) is 0 Å². The highest BCUT2D eigenvalue weighted by atomic mass is 16.6. The second-order valence-corrected chi connectivity index (χ2v) is 12.5. The van der Waals surface area contributed by atoms with Crippen molar-refractivity contribution >= 4 is 11.9 Å². The highest BCUT2D eigenvalue weighted by Crippen LogP contribution is 2.14. The van der Waals surface area contributed by atoms with Crippen molar-refractivity contribution < 1.29 is 23.5 Å². The largest absolute Gasteiger partial charge is 0.466 e. The molecular weight excluding hydrogens is 474 g/mol. The van der Waals surface area contributed by atoms with Crippen molar-refractivity contribution in [1.29, 1.82) is 0 Å². The molecule has 0 N–H and O–H groups in total. The van der Waals surface area contributed by atoms with E-state index in [0.29, 0.717) is 24.1 Å². The van der Waals surface area contributed by atoms with Crippen LogP contribution in [0.4, 0.5) is 0 Å². The summed E-state index contributed by atoms with van der Waals surface area (Å²) in [6.45, 7) is 5.59. The Bertz CT molecular complexity index is 544. The predicted molar refractivity (Wildman–Crippen MR) is 161 cm³/mol. The van der Waals surface area contributed by atoms with Crippen LogP contribution < -0.4 is 0 Å². The maximum atomic E-state index is 12.5. The second-order valence-electron chi connectivity index (χ2n) is 12.5. The minimum absolute atomic E-state index is 0.150. The van der Waals surface area contributed by atoms with Crippen molar-refractivity contribution in [2.24, 2.45) is 0 Å². The van der Waals surface area contributed by atoms with Gasteiger partial charge in [-0.05, 0) is 12.8 Å². The number of likely N-dealkylation sites (N-methyl/N-ethyl adjacent to an activating group) is 1. The summed E-state index contributed by atoms with van der Waals surface area (Å²) in [7, 11) is 6.17. The average molecular weight is 541 g/mol. The molecule has 0 aromatic rings. The van der Waals surface area contributed by atoms with E-state index < -0.39 is 6.10 Å². The van der Waals surface area contributed by atoms with E-state index in [-0.39, 0.29) is 18.4 Å². The lowest BCUT2D eigenvalue weighted by Gasteiger charge is -2.28. The molecule has 0 aromatic heterocycles. The lowest BCUT2D eigenvalue weighted by atomic mass is 10.0. The Morgan fingerprint density at radius 1 is 0.553 bits per heavy atom. The van der Waals surface area contributed by atoms with Gasteiger partial charge in [0, 0.05) is 6.42 Å². The standard InChI is InChI=1S/C33H66NO4/c1-6-8-10-12-14-16-17-18-19-21-23-25-27-32(35)38-31(30-34(3,4)5)29-33(36)37-28-26-24-22-20-15-13-11-9-7-2/h31H,6-30H2,1-5H3/q+1/t31-/m0/s1. The van der Waals surface area contributed by atoms with Crippen LogP contribution in [0.5, 0.6) is 0 Å². The number of unbranched alkanes of at least 4 members (excludes halogenated alkanes) is 19. The Morgan fingerprint density at radius 2 is 0.947 bits per heavy atom. The average Bonchev–Trinajstić information content (AvgIpc) is 2.84. The van der Waals surface area contributed by atoms with Gasteiger partial charge in [0.25, 0.3) is 0 Å². The van der Waals surface area contributed by atoms with Gasteiger partial charge in [-0.1, -0.05) is 136 Å². The quantitative estimate of drug-likeness (QED) is 0.0564. The highest BCUT2D eigenvalue weighted by molar-refractivity contribution is 5.72. The topological polar surface area (TPSA) is 52.6 Å². The summed E-state index contributed by atoms with van der Waals surface area (Å²) in [6, 6.07) is 0. The molecule has 0 rings (SSSR count). The fourth-order valence-electron chi connectivity index (χ4n) is 4.95. The van der Waals surface area contributed by atoms with Crippen LogP contribution in [0.2, 0.25) is 0 Å². The first-order chi connectivity index (χ1) is 18.3. The Balaban J connectivity index is 3.95. The Morgan fingerprint density at radius 3 is 1.37 bits per heavy atom. The third kappa shape index (κ3) is 27.9. The first-order valence-electron chi connectivity index (χ1n) is 16.4. The molecular formula is C33H66NO4+. The molecule has 0 fully saturated rings. The summed E-state index contributed by atoms with van der Waals surface area (Å²) in [5, 5.41) is 0. The van der Waals surface area contributed by atoms with Crippen LogP contribution in [0.25, 0.3) is 0 Å². The molecule has 0 saturated heterocycles. The minimum Gasteiger partial charge on any atom is -0.466 e. The zero-order valence-electron chi connectivity index (χ0n) is 26.3. The Hall–Kier alpha value is -1.10. The fourth-order valence-corrected chi connectivity index (χ4v) is 4.95. The van der Waals surface area contributed by atoms with Gasteiger partial charge in [-0.2, -0.15) is 0 Å². The van der Waals surface area contributed by atoms with Crippen LogP contribution in [0.15, 0.2) is 0 Å². The molecule has 0 aliphatic heterocycles. The first-order valence-corrected chi connectivity index (χ1v) is 16.4. The number of hydrogen-bond acceptors (Lipinski definition) is 4. The molecule has 0 amide bonds.